The Morgan fingerprint density at radius 1 is 0.915 bits per heavy atom. The molecule has 0 bridgehead atoms. The Labute approximate surface area is 277 Å². The lowest BCUT2D eigenvalue weighted by atomic mass is 9.95. The number of ketones is 1. The number of aliphatic hydroxyl groups excluding tert-OH is 1. The Hall–Kier alpha value is -4.34. The Morgan fingerprint density at radius 2 is 1.68 bits per heavy atom. The van der Waals surface area contributed by atoms with Crippen molar-refractivity contribution in [2.45, 2.75) is 52.2 Å². The third kappa shape index (κ3) is 8.34. The molecule has 2 aliphatic rings. The Bertz CT molecular complexity index is 1550. The SMILES string of the molecule is CCCCCOc1ccc(C2/C(=C(\O)c3ccc(OCc4ccccc4C)cc3)C(=O)C(=O)N2CCCN2CCOCC2)cc1OC. The first-order valence-corrected chi connectivity index (χ1v) is 16.6. The number of hydrogen-bond donors (Lipinski definition) is 1. The predicted molar refractivity (Wildman–Crippen MR) is 181 cm³/mol. The van der Waals surface area contributed by atoms with Gasteiger partial charge in [0.2, 0.25) is 0 Å². The minimum absolute atomic E-state index is 0.0496. The molecule has 0 spiro atoms. The van der Waals surface area contributed by atoms with Gasteiger partial charge in [-0.2, -0.15) is 0 Å². The molecule has 1 amide bonds. The average molecular weight is 643 g/mol. The van der Waals surface area contributed by atoms with Crippen molar-refractivity contribution in [2.24, 2.45) is 0 Å². The van der Waals surface area contributed by atoms with Crippen LogP contribution < -0.4 is 14.2 Å². The molecule has 250 valence electrons. The molecule has 0 aliphatic carbocycles. The number of morpholine rings is 1. The topological polar surface area (TPSA) is 97.8 Å². The van der Waals surface area contributed by atoms with Gasteiger partial charge in [-0.05, 0) is 72.9 Å². The van der Waals surface area contributed by atoms with E-state index in [9.17, 15) is 14.7 Å². The quantitative estimate of drug-likeness (QED) is 0.0894. The standard InChI is InChI=1S/C38H46N2O7/c1-4-5-8-22-46-32-17-14-29(25-33(32)44-3)35-34(37(42)38(43)40(35)19-9-18-39-20-23-45-24-21-39)36(41)28-12-15-31(16-13-28)47-26-30-11-7-6-10-27(30)2/h6-7,10-17,25,35,41H,4-5,8-9,18-24,26H2,1-3H3/b36-34+. The van der Waals surface area contributed by atoms with Crippen LogP contribution in [0, 0.1) is 6.92 Å². The number of rotatable bonds is 15. The summed E-state index contributed by atoms with van der Waals surface area (Å²) in [4.78, 5) is 31.1. The van der Waals surface area contributed by atoms with E-state index < -0.39 is 17.7 Å². The number of Topliss-reactive ketones (excluding diaryl/α,β-unsaturated/α-hetero) is 1. The molecule has 5 rings (SSSR count). The molecule has 0 saturated carbocycles. The van der Waals surface area contributed by atoms with E-state index in [4.69, 9.17) is 18.9 Å². The van der Waals surface area contributed by atoms with Crippen molar-refractivity contribution in [2.75, 3.05) is 53.1 Å². The minimum atomic E-state index is -0.792. The summed E-state index contributed by atoms with van der Waals surface area (Å²) in [5.74, 6) is 0.164. The summed E-state index contributed by atoms with van der Waals surface area (Å²) in [7, 11) is 1.57. The van der Waals surface area contributed by atoms with Gasteiger partial charge in [-0.3, -0.25) is 14.5 Å². The Morgan fingerprint density at radius 3 is 2.40 bits per heavy atom. The second kappa shape index (κ2) is 16.5. The molecule has 2 heterocycles. The zero-order valence-electron chi connectivity index (χ0n) is 27.7. The molecule has 0 aromatic heterocycles. The van der Waals surface area contributed by atoms with Crippen molar-refractivity contribution in [3.05, 3.63) is 94.6 Å². The molecule has 1 unspecified atom stereocenters. The van der Waals surface area contributed by atoms with Gasteiger partial charge in [-0.25, -0.2) is 0 Å². The van der Waals surface area contributed by atoms with Gasteiger partial charge < -0.3 is 29.0 Å². The van der Waals surface area contributed by atoms with E-state index in [-0.39, 0.29) is 11.3 Å². The van der Waals surface area contributed by atoms with E-state index in [2.05, 4.69) is 11.8 Å². The van der Waals surface area contributed by atoms with E-state index in [1.807, 2.05) is 43.3 Å². The van der Waals surface area contributed by atoms with Crippen LogP contribution in [0.15, 0.2) is 72.3 Å². The molecule has 47 heavy (non-hydrogen) atoms. The normalized spacial score (nSPS) is 18.0. The molecule has 2 fully saturated rings. The van der Waals surface area contributed by atoms with Gasteiger partial charge in [0, 0.05) is 31.7 Å². The molecule has 3 aromatic carbocycles. The third-order valence-corrected chi connectivity index (χ3v) is 8.81. The summed E-state index contributed by atoms with van der Waals surface area (Å²) in [6.07, 6.45) is 3.76. The first-order chi connectivity index (χ1) is 22.9. The van der Waals surface area contributed by atoms with Crippen LogP contribution in [0.5, 0.6) is 17.2 Å². The molecule has 9 heteroatoms. The first kappa shape index (κ1) is 34.0. The maximum absolute atomic E-state index is 13.6. The number of carbonyl (C=O) groups is 2. The van der Waals surface area contributed by atoms with Crippen LogP contribution in [-0.4, -0.2) is 79.7 Å². The summed E-state index contributed by atoms with van der Waals surface area (Å²) in [6.45, 7) is 9.33. The fourth-order valence-corrected chi connectivity index (χ4v) is 6.05. The van der Waals surface area contributed by atoms with E-state index in [1.54, 1.807) is 42.3 Å². The largest absolute Gasteiger partial charge is 0.507 e. The van der Waals surface area contributed by atoms with Gasteiger partial charge in [0.15, 0.2) is 11.5 Å². The van der Waals surface area contributed by atoms with Crippen molar-refractivity contribution < 1.29 is 33.6 Å². The number of likely N-dealkylation sites (tertiary alicyclic amines) is 1. The van der Waals surface area contributed by atoms with Crippen molar-refractivity contribution in [3.8, 4) is 17.2 Å². The lowest BCUT2D eigenvalue weighted by Crippen LogP contribution is -2.39. The van der Waals surface area contributed by atoms with E-state index in [0.29, 0.717) is 67.8 Å². The molecular formula is C38H46N2O7. The summed E-state index contributed by atoms with van der Waals surface area (Å²) < 4.78 is 23.1. The van der Waals surface area contributed by atoms with Crippen molar-refractivity contribution in [3.63, 3.8) is 0 Å². The van der Waals surface area contributed by atoms with Crippen LogP contribution in [0.2, 0.25) is 0 Å². The smallest absolute Gasteiger partial charge is 0.295 e. The van der Waals surface area contributed by atoms with E-state index in [0.717, 1.165) is 50.0 Å². The Kier molecular flexibility index (Phi) is 11.9. The van der Waals surface area contributed by atoms with Gasteiger partial charge in [0.05, 0.1) is 38.5 Å². The summed E-state index contributed by atoms with van der Waals surface area (Å²) in [6, 6.07) is 19.6. The van der Waals surface area contributed by atoms with Crippen molar-refractivity contribution in [1.82, 2.24) is 9.80 Å². The highest BCUT2D eigenvalue weighted by Crippen LogP contribution is 2.42. The van der Waals surface area contributed by atoms with Gasteiger partial charge >= 0.3 is 0 Å². The molecule has 2 saturated heterocycles. The maximum atomic E-state index is 13.6. The highest BCUT2D eigenvalue weighted by atomic mass is 16.5. The Balaban J connectivity index is 1.42. The van der Waals surface area contributed by atoms with Crippen LogP contribution in [0.3, 0.4) is 0 Å². The fourth-order valence-electron chi connectivity index (χ4n) is 6.05. The number of amides is 1. The first-order valence-electron chi connectivity index (χ1n) is 16.6. The second-order valence-electron chi connectivity index (χ2n) is 12.0. The van der Waals surface area contributed by atoms with E-state index in [1.165, 1.54) is 0 Å². The highest BCUT2D eigenvalue weighted by Gasteiger charge is 2.46. The van der Waals surface area contributed by atoms with Crippen LogP contribution >= 0.6 is 0 Å². The van der Waals surface area contributed by atoms with Gasteiger partial charge in [-0.15, -0.1) is 0 Å². The lowest BCUT2D eigenvalue weighted by molar-refractivity contribution is -0.140. The summed E-state index contributed by atoms with van der Waals surface area (Å²) >= 11 is 0. The van der Waals surface area contributed by atoms with Gasteiger partial charge in [-0.1, -0.05) is 50.1 Å². The summed E-state index contributed by atoms with van der Waals surface area (Å²) in [5.41, 5.74) is 3.36. The zero-order valence-corrected chi connectivity index (χ0v) is 27.7. The lowest BCUT2D eigenvalue weighted by Gasteiger charge is -2.29. The van der Waals surface area contributed by atoms with E-state index >= 15 is 0 Å². The number of unbranched alkanes of at least 4 members (excludes halogenated alkanes) is 2. The van der Waals surface area contributed by atoms with Crippen LogP contribution in [0.4, 0.5) is 0 Å². The molecule has 9 nitrogen and oxygen atoms in total. The van der Waals surface area contributed by atoms with Gasteiger partial charge in [0.25, 0.3) is 11.7 Å². The highest BCUT2D eigenvalue weighted by molar-refractivity contribution is 6.46. The molecule has 3 aromatic rings. The zero-order chi connectivity index (χ0) is 33.2. The fraction of sp³-hybridized carbons (Fsp3) is 0.421. The van der Waals surface area contributed by atoms with Crippen LogP contribution in [0.25, 0.3) is 5.76 Å². The number of methoxy groups -OCH3 is 1. The summed E-state index contributed by atoms with van der Waals surface area (Å²) in [5, 5.41) is 11.6. The minimum Gasteiger partial charge on any atom is -0.507 e. The predicted octanol–water partition coefficient (Wildman–Crippen LogP) is 6.30. The average Bonchev–Trinajstić information content (AvgIpc) is 3.35. The number of hydrogen-bond acceptors (Lipinski definition) is 8. The second-order valence-corrected chi connectivity index (χ2v) is 12.0. The molecule has 2 aliphatic heterocycles. The molecule has 1 atom stereocenters. The van der Waals surface area contributed by atoms with Gasteiger partial charge in [0.1, 0.15) is 18.1 Å². The molecule has 0 radical (unpaired) electrons. The monoisotopic (exact) mass is 642 g/mol. The molecule has 1 N–H and O–H groups in total. The number of carbonyl (C=O) groups excluding carboxylic acids is 2. The third-order valence-electron chi connectivity index (χ3n) is 8.81. The van der Waals surface area contributed by atoms with Crippen LogP contribution in [-0.2, 0) is 20.9 Å². The number of aliphatic hydroxyl groups is 1. The number of ether oxygens (including phenoxy) is 4. The van der Waals surface area contributed by atoms with Crippen LogP contribution in [0.1, 0.15) is 60.9 Å². The maximum Gasteiger partial charge on any atom is 0.295 e. The number of aryl methyl sites for hydroxylation is 1. The van der Waals surface area contributed by atoms with Crippen molar-refractivity contribution in [1.29, 1.82) is 0 Å². The number of benzene rings is 3. The molecular weight excluding hydrogens is 596 g/mol. The van der Waals surface area contributed by atoms with Crippen molar-refractivity contribution >= 4 is 17.4 Å². The number of nitrogens with zero attached hydrogens (tertiary/aromatic N) is 2.